The maximum Gasteiger partial charge on any atom is 0.274 e. The molecule has 2 aromatic heterocycles. The number of rotatable bonds is 4. The number of amides is 2. The van der Waals surface area contributed by atoms with Crippen LogP contribution in [0.3, 0.4) is 0 Å². The van der Waals surface area contributed by atoms with E-state index in [1.807, 2.05) is 9.80 Å². The van der Waals surface area contributed by atoms with E-state index in [2.05, 4.69) is 15.1 Å². The molecule has 2 amide bonds. The first kappa shape index (κ1) is 19.4. The second-order valence-electron chi connectivity index (χ2n) is 8.15. The van der Waals surface area contributed by atoms with Crippen molar-refractivity contribution in [2.45, 2.75) is 32.1 Å². The van der Waals surface area contributed by atoms with Gasteiger partial charge in [-0.25, -0.2) is 9.67 Å². The van der Waals surface area contributed by atoms with Crippen LogP contribution in [0.4, 0.5) is 0 Å². The molecule has 154 valence electrons. The molecule has 1 spiro atoms. The molecule has 0 radical (unpaired) electrons. The zero-order valence-corrected chi connectivity index (χ0v) is 16.6. The number of hydrogen-bond acceptors (Lipinski definition) is 5. The van der Waals surface area contributed by atoms with E-state index in [1.165, 1.54) is 16.8 Å². The molecular formula is C20H26N6O3. The molecule has 2 aromatic rings. The molecule has 2 aliphatic rings. The Kier molecular flexibility index (Phi) is 5.21. The quantitative estimate of drug-likeness (QED) is 0.812. The van der Waals surface area contributed by atoms with E-state index < -0.39 is 0 Å². The van der Waals surface area contributed by atoms with Crippen LogP contribution in [0.15, 0.2) is 29.5 Å². The average molecular weight is 398 g/mol. The molecular weight excluding hydrogens is 372 g/mol. The monoisotopic (exact) mass is 398 g/mol. The summed E-state index contributed by atoms with van der Waals surface area (Å²) in [5.41, 5.74) is 0.984. The van der Waals surface area contributed by atoms with Crippen molar-refractivity contribution in [3.63, 3.8) is 0 Å². The molecule has 0 unspecified atom stereocenters. The topological polar surface area (TPSA) is 104 Å². The van der Waals surface area contributed by atoms with Crippen molar-refractivity contribution in [3.05, 3.63) is 46.4 Å². The molecule has 0 saturated carbocycles. The summed E-state index contributed by atoms with van der Waals surface area (Å²) in [5, 5.41) is 4.11. The summed E-state index contributed by atoms with van der Waals surface area (Å²) in [6, 6.07) is 2.86. The first-order valence-electron chi connectivity index (χ1n) is 10.0. The highest BCUT2D eigenvalue weighted by molar-refractivity contribution is 5.92. The second-order valence-corrected chi connectivity index (χ2v) is 8.15. The lowest BCUT2D eigenvalue weighted by Gasteiger charge is -2.48. The summed E-state index contributed by atoms with van der Waals surface area (Å²) in [5.74, 6) is 0.0268. The molecule has 1 N–H and O–H groups in total. The number of carbonyl (C=O) groups is 2. The van der Waals surface area contributed by atoms with Gasteiger partial charge in [0.15, 0.2) is 0 Å². The average Bonchev–Trinajstić information content (AvgIpc) is 3.24. The molecule has 4 rings (SSSR count). The van der Waals surface area contributed by atoms with Gasteiger partial charge in [-0.05, 0) is 25.3 Å². The molecule has 0 aromatic carbocycles. The molecule has 2 aliphatic heterocycles. The van der Waals surface area contributed by atoms with Gasteiger partial charge in [0, 0.05) is 69.4 Å². The van der Waals surface area contributed by atoms with Crippen LogP contribution < -0.4 is 5.56 Å². The minimum atomic E-state index is -0.240. The first-order chi connectivity index (χ1) is 14.0. The van der Waals surface area contributed by atoms with Gasteiger partial charge in [0.2, 0.25) is 5.91 Å². The molecule has 29 heavy (non-hydrogen) atoms. The number of aryl methyl sites for hydroxylation is 1. The normalized spacial score (nSPS) is 22.3. The van der Waals surface area contributed by atoms with Crippen LogP contribution in [0.25, 0.3) is 0 Å². The Hall–Kier alpha value is -2.97. The SMILES string of the molecule is Cn1nc(C(=O)N2CCC[C@]3(CCC(=O)N(CCc4cnc[nH]4)C3)C2)ccc1=O. The van der Waals surface area contributed by atoms with Crippen molar-refractivity contribution in [3.8, 4) is 0 Å². The second kappa shape index (κ2) is 7.81. The highest BCUT2D eigenvalue weighted by Gasteiger charge is 2.42. The Balaban J connectivity index is 1.45. The zero-order valence-electron chi connectivity index (χ0n) is 16.6. The Morgan fingerprint density at radius 3 is 2.86 bits per heavy atom. The van der Waals surface area contributed by atoms with Gasteiger partial charge in [-0.3, -0.25) is 14.4 Å². The number of H-pyrrole nitrogens is 1. The van der Waals surface area contributed by atoms with E-state index in [-0.39, 0.29) is 28.5 Å². The molecule has 2 saturated heterocycles. The fraction of sp³-hybridized carbons (Fsp3) is 0.550. The fourth-order valence-electron chi connectivity index (χ4n) is 4.48. The highest BCUT2D eigenvalue weighted by atomic mass is 16.2. The number of nitrogens with zero attached hydrogens (tertiary/aromatic N) is 5. The minimum Gasteiger partial charge on any atom is -0.348 e. The molecule has 9 nitrogen and oxygen atoms in total. The summed E-state index contributed by atoms with van der Waals surface area (Å²) in [7, 11) is 1.54. The number of aromatic nitrogens is 4. The fourth-order valence-corrected chi connectivity index (χ4v) is 4.48. The van der Waals surface area contributed by atoms with E-state index in [0.29, 0.717) is 32.6 Å². The number of likely N-dealkylation sites (tertiary alicyclic amines) is 2. The summed E-state index contributed by atoms with van der Waals surface area (Å²) in [4.78, 5) is 47.9. The van der Waals surface area contributed by atoms with Gasteiger partial charge in [-0.1, -0.05) is 0 Å². The van der Waals surface area contributed by atoms with E-state index >= 15 is 0 Å². The summed E-state index contributed by atoms with van der Waals surface area (Å²) in [6.07, 6.45) is 7.40. The van der Waals surface area contributed by atoms with Crippen LogP contribution >= 0.6 is 0 Å². The van der Waals surface area contributed by atoms with Crippen LogP contribution in [-0.4, -0.2) is 67.5 Å². The van der Waals surface area contributed by atoms with E-state index in [1.54, 1.807) is 19.6 Å². The predicted molar refractivity (Wildman–Crippen MR) is 105 cm³/mol. The van der Waals surface area contributed by atoms with Crippen molar-refractivity contribution in [1.29, 1.82) is 0 Å². The molecule has 9 heteroatoms. The van der Waals surface area contributed by atoms with Gasteiger partial charge in [0.05, 0.1) is 6.33 Å². The van der Waals surface area contributed by atoms with Gasteiger partial charge in [0.25, 0.3) is 11.5 Å². The van der Waals surface area contributed by atoms with Crippen LogP contribution in [-0.2, 0) is 18.3 Å². The van der Waals surface area contributed by atoms with Crippen molar-refractivity contribution in [1.82, 2.24) is 29.5 Å². The summed E-state index contributed by atoms with van der Waals surface area (Å²) in [6.45, 7) is 2.61. The van der Waals surface area contributed by atoms with Gasteiger partial charge in [-0.15, -0.1) is 0 Å². The number of aromatic amines is 1. The van der Waals surface area contributed by atoms with Gasteiger partial charge < -0.3 is 14.8 Å². The lowest BCUT2D eigenvalue weighted by molar-refractivity contribution is -0.138. The largest absolute Gasteiger partial charge is 0.348 e. The minimum absolute atomic E-state index is 0.0729. The van der Waals surface area contributed by atoms with Crippen LogP contribution in [0, 0.1) is 5.41 Å². The summed E-state index contributed by atoms with van der Waals surface area (Å²) < 4.78 is 1.18. The molecule has 0 bridgehead atoms. The Morgan fingerprint density at radius 1 is 1.24 bits per heavy atom. The maximum absolute atomic E-state index is 13.0. The first-order valence-corrected chi connectivity index (χ1v) is 10.0. The third kappa shape index (κ3) is 4.08. The number of hydrogen-bond donors (Lipinski definition) is 1. The third-order valence-electron chi connectivity index (χ3n) is 6.08. The highest BCUT2D eigenvalue weighted by Crippen LogP contribution is 2.39. The van der Waals surface area contributed by atoms with Gasteiger partial charge in [0.1, 0.15) is 5.69 Å². The van der Waals surface area contributed by atoms with Crippen LogP contribution in [0.1, 0.15) is 41.9 Å². The van der Waals surface area contributed by atoms with E-state index in [9.17, 15) is 14.4 Å². The molecule has 1 atom stereocenters. The lowest BCUT2D eigenvalue weighted by Crippen LogP contribution is -2.55. The van der Waals surface area contributed by atoms with Crippen molar-refractivity contribution >= 4 is 11.8 Å². The number of carbonyl (C=O) groups excluding carboxylic acids is 2. The standard InChI is InChI=1S/C20H26N6O3/c1-24-17(27)4-3-16(23-24)19(29)26-9-2-7-20(13-26)8-5-18(28)25(12-20)10-6-15-11-21-14-22-15/h3-4,11,14H,2,5-10,12-13H2,1H3,(H,21,22)/t20-/m1/s1. The number of piperidine rings is 2. The predicted octanol–water partition coefficient (Wildman–Crippen LogP) is 0.591. The Morgan fingerprint density at radius 2 is 2.10 bits per heavy atom. The molecule has 4 heterocycles. The maximum atomic E-state index is 13.0. The number of imidazole rings is 1. The van der Waals surface area contributed by atoms with Crippen molar-refractivity contribution in [2.24, 2.45) is 12.5 Å². The number of nitrogens with one attached hydrogen (secondary N) is 1. The molecule has 2 fully saturated rings. The zero-order chi connectivity index (χ0) is 20.4. The van der Waals surface area contributed by atoms with Crippen LogP contribution in [0.5, 0.6) is 0 Å². The van der Waals surface area contributed by atoms with Crippen molar-refractivity contribution < 1.29 is 9.59 Å². The van der Waals surface area contributed by atoms with E-state index in [4.69, 9.17) is 0 Å². The Bertz CT molecular complexity index is 953. The van der Waals surface area contributed by atoms with Gasteiger partial charge >= 0.3 is 0 Å². The third-order valence-corrected chi connectivity index (χ3v) is 6.08. The Labute approximate surface area is 168 Å². The summed E-state index contributed by atoms with van der Waals surface area (Å²) >= 11 is 0. The lowest BCUT2D eigenvalue weighted by atomic mass is 9.73. The van der Waals surface area contributed by atoms with Gasteiger partial charge in [-0.2, -0.15) is 5.10 Å². The molecule has 0 aliphatic carbocycles. The smallest absolute Gasteiger partial charge is 0.274 e. The van der Waals surface area contributed by atoms with Crippen molar-refractivity contribution in [2.75, 3.05) is 26.2 Å². The van der Waals surface area contributed by atoms with Crippen LogP contribution in [0.2, 0.25) is 0 Å². The van der Waals surface area contributed by atoms with E-state index in [0.717, 1.165) is 31.4 Å².